The number of carbonyl (C=O) groups is 2. The third-order valence-corrected chi connectivity index (χ3v) is 7.48. The molecule has 40 heavy (non-hydrogen) atoms. The Morgan fingerprint density at radius 3 is 2.48 bits per heavy atom. The second-order valence-corrected chi connectivity index (χ2v) is 11.2. The van der Waals surface area contributed by atoms with Crippen LogP contribution >= 0.6 is 0 Å². The van der Waals surface area contributed by atoms with Crippen molar-refractivity contribution in [1.29, 1.82) is 0 Å². The summed E-state index contributed by atoms with van der Waals surface area (Å²) in [6.07, 6.45) is -1.77. The van der Waals surface area contributed by atoms with Crippen LogP contribution in [0.1, 0.15) is 43.5 Å². The lowest BCUT2D eigenvalue weighted by molar-refractivity contribution is -0.217. The van der Waals surface area contributed by atoms with Crippen LogP contribution in [0.5, 0.6) is 5.75 Å². The maximum Gasteiger partial charge on any atom is 0.395 e. The number of likely N-dealkylation sites (tertiary alicyclic amines) is 1. The Labute approximate surface area is 230 Å². The molecule has 0 bridgehead atoms. The number of rotatable bonds is 8. The fourth-order valence-corrected chi connectivity index (χ4v) is 4.85. The minimum absolute atomic E-state index is 0.0267. The molecule has 0 saturated carbocycles. The van der Waals surface area contributed by atoms with Crippen molar-refractivity contribution < 1.29 is 37.0 Å². The maximum atomic E-state index is 14.8. The standard InChI is InChI=1S/C28H34F4N4O4/c1-27(2,28(30,31)32)16-36-9-7-17(8-10-36)15-40-20-4-6-23(34-14-20)21-5-3-18(11-22(21)29)25(38)35-26(39)24-12-19(37)13-33-24/h3-6,11,14,17,19,24,33,37H,7-10,12-13,15-16H2,1-2H3,(H,35,38,39)/t19-,24+/m1/s1. The Hall–Kier alpha value is -3.09. The summed E-state index contributed by atoms with van der Waals surface area (Å²) in [5, 5.41) is 14.5. The van der Waals surface area contributed by atoms with Gasteiger partial charge in [0.15, 0.2) is 0 Å². The Bertz CT molecular complexity index is 1200. The molecule has 0 unspecified atom stereocenters. The van der Waals surface area contributed by atoms with Crippen LogP contribution in [0.15, 0.2) is 36.5 Å². The van der Waals surface area contributed by atoms with Crippen LogP contribution in [0, 0.1) is 17.2 Å². The molecule has 0 aliphatic carbocycles. The van der Waals surface area contributed by atoms with Crippen molar-refractivity contribution in [3.63, 3.8) is 0 Å². The van der Waals surface area contributed by atoms with Crippen LogP contribution < -0.4 is 15.4 Å². The topological polar surface area (TPSA) is 104 Å². The van der Waals surface area contributed by atoms with Gasteiger partial charge in [0.2, 0.25) is 5.91 Å². The number of imide groups is 1. The largest absolute Gasteiger partial charge is 0.492 e. The third-order valence-electron chi connectivity index (χ3n) is 7.48. The lowest BCUT2D eigenvalue weighted by Gasteiger charge is -2.38. The first-order valence-corrected chi connectivity index (χ1v) is 13.3. The van der Waals surface area contributed by atoms with Gasteiger partial charge in [-0.25, -0.2) is 4.39 Å². The van der Waals surface area contributed by atoms with Crippen LogP contribution in [0.3, 0.4) is 0 Å². The molecule has 1 aromatic heterocycles. The molecule has 1 aromatic carbocycles. The summed E-state index contributed by atoms with van der Waals surface area (Å²) in [5.74, 6) is -1.31. The minimum atomic E-state index is -4.25. The van der Waals surface area contributed by atoms with E-state index in [0.29, 0.717) is 31.1 Å². The number of β-amino-alcohol motifs (C(OH)–C–C–N with tert-alkyl or cyclic N) is 1. The van der Waals surface area contributed by atoms with Crippen LogP contribution in [0.4, 0.5) is 17.6 Å². The molecular weight excluding hydrogens is 532 g/mol. The third kappa shape index (κ3) is 7.35. The predicted molar refractivity (Wildman–Crippen MR) is 139 cm³/mol. The highest BCUT2D eigenvalue weighted by Crippen LogP contribution is 2.38. The molecular formula is C28H34F4N4O4. The lowest BCUT2D eigenvalue weighted by atomic mass is 9.89. The predicted octanol–water partition coefficient (Wildman–Crippen LogP) is 3.55. The van der Waals surface area contributed by atoms with Crippen molar-refractivity contribution in [3.05, 3.63) is 47.9 Å². The molecule has 4 rings (SSSR count). The van der Waals surface area contributed by atoms with Gasteiger partial charge in [0.1, 0.15) is 11.6 Å². The average molecular weight is 567 g/mol. The molecule has 0 spiro atoms. The van der Waals surface area contributed by atoms with Gasteiger partial charge >= 0.3 is 6.18 Å². The van der Waals surface area contributed by atoms with E-state index >= 15 is 0 Å². The molecule has 3 heterocycles. The van der Waals surface area contributed by atoms with Crippen molar-refractivity contribution in [3.8, 4) is 17.0 Å². The Balaban J connectivity index is 1.26. The SMILES string of the molecule is CC(C)(CN1CCC(COc2ccc(-c3ccc(C(=O)NC(=O)[C@@H]4C[C@@H](O)CN4)cc3F)nc2)CC1)C(F)(F)F. The van der Waals surface area contributed by atoms with Crippen LogP contribution in [0.25, 0.3) is 11.3 Å². The number of carbonyl (C=O) groups excluding carboxylic acids is 2. The van der Waals surface area contributed by atoms with Crippen molar-refractivity contribution in [2.24, 2.45) is 11.3 Å². The molecule has 8 nitrogen and oxygen atoms in total. The highest BCUT2D eigenvalue weighted by molar-refractivity contribution is 6.06. The van der Waals surface area contributed by atoms with Gasteiger partial charge in [0, 0.05) is 24.2 Å². The van der Waals surface area contributed by atoms with Gasteiger partial charge in [-0.3, -0.25) is 19.9 Å². The minimum Gasteiger partial charge on any atom is -0.492 e. The van der Waals surface area contributed by atoms with E-state index in [1.54, 1.807) is 12.1 Å². The molecule has 12 heteroatoms. The number of hydrogen-bond donors (Lipinski definition) is 3. The monoisotopic (exact) mass is 566 g/mol. The number of alkyl halides is 3. The molecule has 2 saturated heterocycles. The molecule has 2 fully saturated rings. The number of pyridine rings is 1. The summed E-state index contributed by atoms with van der Waals surface area (Å²) in [6.45, 7) is 4.24. The zero-order valence-corrected chi connectivity index (χ0v) is 22.4. The van der Waals surface area contributed by atoms with Gasteiger partial charge in [-0.15, -0.1) is 0 Å². The second kappa shape index (κ2) is 12.2. The Kier molecular flexibility index (Phi) is 9.11. The zero-order valence-electron chi connectivity index (χ0n) is 22.4. The van der Waals surface area contributed by atoms with Crippen molar-refractivity contribution in [1.82, 2.24) is 20.5 Å². The van der Waals surface area contributed by atoms with E-state index in [1.165, 1.54) is 32.2 Å². The van der Waals surface area contributed by atoms with Gasteiger partial charge in [-0.1, -0.05) is 0 Å². The number of aliphatic hydroxyl groups is 1. The first-order chi connectivity index (χ1) is 18.8. The summed E-state index contributed by atoms with van der Waals surface area (Å²) < 4.78 is 60.2. The second-order valence-electron chi connectivity index (χ2n) is 11.2. The summed E-state index contributed by atoms with van der Waals surface area (Å²) in [4.78, 5) is 30.7. The van der Waals surface area contributed by atoms with Crippen LogP contribution in [-0.4, -0.2) is 77.9 Å². The number of nitrogens with zero attached hydrogens (tertiary/aromatic N) is 2. The highest BCUT2D eigenvalue weighted by Gasteiger charge is 2.48. The summed E-state index contributed by atoms with van der Waals surface area (Å²) in [5.41, 5.74) is -1.28. The fraction of sp³-hybridized carbons (Fsp3) is 0.536. The van der Waals surface area contributed by atoms with Gasteiger partial charge in [0.25, 0.3) is 5.91 Å². The van der Waals surface area contributed by atoms with Crippen molar-refractivity contribution in [2.75, 3.05) is 32.8 Å². The van der Waals surface area contributed by atoms with E-state index < -0.39 is 41.4 Å². The first-order valence-electron chi connectivity index (χ1n) is 13.3. The van der Waals surface area contributed by atoms with Gasteiger partial charge in [-0.2, -0.15) is 13.2 Å². The van der Waals surface area contributed by atoms with E-state index in [1.807, 2.05) is 4.90 Å². The number of amides is 2. The number of aromatic nitrogens is 1. The number of piperidine rings is 1. The van der Waals surface area contributed by atoms with E-state index in [9.17, 15) is 32.3 Å². The number of hydrogen-bond acceptors (Lipinski definition) is 7. The van der Waals surface area contributed by atoms with E-state index in [2.05, 4.69) is 15.6 Å². The van der Waals surface area contributed by atoms with E-state index in [4.69, 9.17) is 4.74 Å². The molecule has 218 valence electrons. The van der Waals surface area contributed by atoms with Gasteiger partial charge in [-0.05, 0) is 82.4 Å². The van der Waals surface area contributed by atoms with E-state index in [-0.39, 0.29) is 36.6 Å². The summed E-state index contributed by atoms with van der Waals surface area (Å²) in [7, 11) is 0. The van der Waals surface area contributed by atoms with Gasteiger partial charge in [0.05, 0.1) is 36.1 Å². The first kappa shape index (κ1) is 29.9. The van der Waals surface area contributed by atoms with Crippen molar-refractivity contribution in [2.45, 2.75) is 51.4 Å². The molecule has 2 aliphatic rings. The number of nitrogens with one attached hydrogen (secondary N) is 2. The molecule has 2 aliphatic heterocycles. The Morgan fingerprint density at radius 2 is 1.90 bits per heavy atom. The summed E-state index contributed by atoms with van der Waals surface area (Å²) in [6, 6.07) is 6.40. The molecule has 2 amide bonds. The average Bonchev–Trinajstić information content (AvgIpc) is 3.34. The Morgan fingerprint density at radius 1 is 1.18 bits per heavy atom. The quantitative estimate of drug-likeness (QED) is 0.332. The maximum absolute atomic E-state index is 14.8. The number of aliphatic hydroxyl groups excluding tert-OH is 1. The lowest BCUT2D eigenvalue weighted by Crippen LogP contribution is -2.46. The number of benzene rings is 1. The normalized spacial score (nSPS) is 20.9. The zero-order chi connectivity index (χ0) is 29.1. The highest BCUT2D eigenvalue weighted by atomic mass is 19.4. The van der Waals surface area contributed by atoms with E-state index in [0.717, 1.165) is 18.9 Å². The fourth-order valence-electron chi connectivity index (χ4n) is 4.85. The number of halogens is 4. The number of ether oxygens (including phenoxy) is 1. The molecule has 3 N–H and O–H groups in total. The van der Waals surface area contributed by atoms with Crippen molar-refractivity contribution >= 4 is 11.8 Å². The molecule has 0 radical (unpaired) electrons. The summed E-state index contributed by atoms with van der Waals surface area (Å²) >= 11 is 0. The molecule has 2 aromatic rings. The smallest absolute Gasteiger partial charge is 0.395 e. The molecule has 2 atom stereocenters. The van der Waals surface area contributed by atoms with Crippen LogP contribution in [0.2, 0.25) is 0 Å². The van der Waals surface area contributed by atoms with Gasteiger partial charge < -0.3 is 20.1 Å². The van der Waals surface area contributed by atoms with Crippen LogP contribution in [-0.2, 0) is 4.79 Å².